The van der Waals surface area contributed by atoms with Crippen molar-refractivity contribution in [2.24, 2.45) is 0 Å². The van der Waals surface area contributed by atoms with E-state index in [1.807, 2.05) is 56.3 Å². The van der Waals surface area contributed by atoms with Crippen molar-refractivity contribution >= 4 is 28.8 Å². The number of ether oxygens (including phenoxy) is 1. The van der Waals surface area contributed by atoms with E-state index in [2.05, 4.69) is 0 Å². The molecule has 0 spiro atoms. The Hall–Kier alpha value is -3.56. The van der Waals surface area contributed by atoms with E-state index >= 15 is 0 Å². The van der Waals surface area contributed by atoms with E-state index in [1.165, 1.54) is 29.2 Å². The Balaban J connectivity index is 1.82. The second kappa shape index (κ2) is 13.5. The van der Waals surface area contributed by atoms with Crippen LogP contribution in [0.15, 0.2) is 66.7 Å². The number of benzene rings is 2. The highest BCUT2D eigenvalue weighted by molar-refractivity contribution is 7.11. The maximum Gasteiger partial charge on any atom is 0.270 e. The van der Waals surface area contributed by atoms with Gasteiger partial charge >= 0.3 is 0 Å². The van der Waals surface area contributed by atoms with Crippen molar-refractivity contribution in [2.75, 3.05) is 26.3 Å². The fourth-order valence-electron chi connectivity index (χ4n) is 3.75. The average molecular weight is 510 g/mol. The average Bonchev–Trinajstić information content (AvgIpc) is 3.30. The lowest BCUT2D eigenvalue weighted by atomic mass is 10.1. The maximum absolute atomic E-state index is 13.6. The fourth-order valence-corrected chi connectivity index (χ4v) is 4.65. The SMILES string of the molecule is CCOCCCN(CC(=O)N(Cc1ccccc1)Cc1ccc(C)s1)C(=O)c1cccc([N+](=O)[O-])c1. The topological polar surface area (TPSA) is 93.0 Å². The van der Waals surface area contributed by atoms with Crippen LogP contribution in [0.3, 0.4) is 0 Å². The summed E-state index contributed by atoms with van der Waals surface area (Å²) in [5.41, 5.74) is 1.00. The molecule has 8 nitrogen and oxygen atoms in total. The Morgan fingerprint density at radius 1 is 1.00 bits per heavy atom. The van der Waals surface area contributed by atoms with E-state index in [0.29, 0.717) is 39.3 Å². The molecule has 0 unspecified atom stereocenters. The molecule has 36 heavy (non-hydrogen) atoms. The van der Waals surface area contributed by atoms with Crippen LogP contribution in [-0.2, 0) is 22.6 Å². The van der Waals surface area contributed by atoms with Crippen molar-refractivity contribution in [1.29, 1.82) is 0 Å². The molecule has 3 rings (SSSR count). The molecule has 0 aliphatic heterocycles. The van der Waals surface area contributed by atoms with Gasteiger partial charge in [-0.3, -0.25) is 19.7 Å². The van der Waals surface area contributed by atoms with Gasteiger partial charge in [0.25, 0.3) is 11.6 Å². The minimum atomic E-state index is -0.536. The number of nitro benzene ring substituents is 1. The van der Waals surface area contributed by atoms with Gasteiger partial charge in [-0.1, -0.05) is 36.4 Å². The third kappa shape index (κ3) is 8.00. The van der Waals surface area contributed by atoms with Crippen LogP contribution in [0.1, 0.15) is 39.0 Å². The van der Waals surface area contributed by atoms with Gasteiger partial charge in [-0.15, -0.1) is 11.3 Å². The molecule has 0 saturated carbocycles. The number of amides is 2. The molecule has 2 amide bonds. The Morgan fingerprint density at radius 3 is 2.44 bits per heavy atom. The molecule has 1 heterocycles. The van der Waals surface area contributed by atoms with Gasteiger partial charge in [0.1, 0.15) is 6.54 Å². The summed E-state index contributed by atoms with van der Waals surface area (Å²) in [5.74, 6) is -0.615. The predicted molar refractivity (Wildman–Crippen MR) is 140 cm³/mol. The summed E-state index contributed by atoms with van der Waals surface area (Å²) in [6, 6.07) is 19.4. The van der Waals surface area contributed by atoms with Crippen molar-refractivity contribution in [3.05, 3.63) is 97.7 Å². The standard InChI is InChI=1S/C27H31N3O5S/c1-3-35-16-8-15-28(27(32)23-11-7-12-24(17-23)30(33)34)20-26(31)29(18-22-9-5-4-6-10-22)19-25-14-13-21(2)36-25/h4-7,9-14,17H,3,8,15-16,18-20H2,1-2H3. The molecule has 0 aliphatic carbocycles. The minimum absolute atomic E-state index is 0.134. The summed E-state index contributed by atoms with van der Waals surface area (Å²) in [7, 11) is 0. The number of carbonyl (C=O) groups excluding carboxylic acids is 2. The highest BCUT2D eigenvalue weighted by atomic mass is 32.1. The quantitative estimate of drug-likeness (QED) is 0.182. The highest BCUT2D eigenvalue weighted by Crippen LogP contribution is 2.20. The molecule has 0 fully saturated rings. The molecule has 3 aromatic rings. The van der Waals surface area contributed by atoms with E-state index in [-0.39, 0.29) is 23.7 Å². The first-order valence-electron chi connectivity index (χ1n) is 11.9. The summed E-state index contributed by atoms with van der Waals surface area (Å²) < 4.78 is 5.41. The summed E-state index contributed by atoms with van der Waals surface area (Å²) >= 11 is 1.63. The lowest BCUT2D eigenvalue weighted by Gasteiger charge is -2.28. The molecule has 0 saturated heterocycles. The van der Waals surface area contributed by atoms with Crippen LogP contribution in [0.5, 0.6) is 0 Å². The smallest absolute Gasteiger partial charge is 0.270 e. The molecule has 0 radical (unpaired) electrons. The summed E-state index contributed by atoms with van der Waals surface area (Å²) in [6.07, 6.45) is 0.546. The lowest BCUT2D eigenvalue weighted by Crippen LogP contribution is -2.43. The monoisotopic (exact) mass is 509 g/mol. The van der Waals surface area contributed by atoms with Crippen LogP contribution in [0.4, 0.5) is 5.69 Å². The first-order chi connectivity index (χ1) is 17.4. The van der Waals surface area contributed by atoms with Crippen LogP contribution < -0.4 is 0 Å². The van der Waals surface area contributed by atoms with E-state index in [0.717, 1.165) is 15.3 Å². The summed E-state index contributed by atoms with van der Waals surface area (Å²) in [5, 5.41) is 11.2. The zero-order valence-electron chi connectivity index (χ0n) is 20.6. The first-order valence-corrected chi connectivity index (χ1v) is 12.7. The van der Waals surface area contributed by atoms with E-state index in [4.69, 9.17) is 4.74 Å². The van der Waals surface area contributed by atoms with Crippen LogP contribution in [0.2, 0.25) is 0 Å². The number of non-ortho nitro benzene ring substituents is 1. The number of hydrogen-bond acceptors (Lipinski definition) is 6. The normalized spacial score (nSPS) is 10.7. The number of hydrogen-bond donors (Lipinski definition) is 0. The molecular formula is C27H31N3O5S. The predicted octanol–water partition coefficient (Wildman–Crippen LogP) is 5.06. The zero-order valence-corrected chi connectivity index (χ0v) is 21.4. The summed E-state index contributed by atoms with van der Waals surface area (Å²) in [6.45, 7) is 5.93. The van der Waals surface area contributed by atoms with Crippen molar-refractivity contribution in [2.45, 2.75) is 33.4 Å². The van der Waals surface area contributed by atoms with Crippen LogP contribution in [0.25, 0.3) is 0 Å². The first kappa shape index (κ1) is 27.0. The largest absolute Gasteiger partial charge is 0.382 e. The highest BCUT2D eigenvalue weighted by Gasteiger charge is 2.24. The number of thiophene rings is 1. The second-order valence-corrected chi connectivity index (χ2v) is 9.70. The Labute approximate surface area is 215 Å². The van der Waals surface area contributed by atoms with E-state index in [9.17, 15) is 19.7 Å². The third-order valence-corrected chi connectivity index (χ3v) is 6.54. The van der Waals surface area contributed by atoms with Crippen molar-refractivity contribution in [3.63, 3.8) is 0 Å². The Morgan fingerprint density at radius 2 is 1.78 bits per heavy atom. The van der Waals surface area contributed by atoms with Gasteiger partial charge in [-0.05, 0) is 44.0 Å². The van der Waals surface area contributed by atoms with E-state index in [1.54, 1.807) is 16.2 Å². The Kier molecular flexibility index (Phi) is 10.1. The maximum atomic E-state index is 13.6. The molecule has 2 aromatic carbocycles. The van der Waals surface area contributed by atoms with Gasteiger partial charge in [0.2, 0.25) is 5.91 Å². The molecule has 0 atom stereocenters. The van der Waals surface area contributed by atoms with Gasteiger partial charge in [0, 0.05) is 53.8 Å². The van der Waals surface area contributed by atoms with Gasteiger partial charge in [0.05, 0.1) is 11.5 Å². The van der Waals surface area contributed by atoms with Gasteiger partial charge in [-0.25, -0.2) is 0 Å². The summed E-state index contributed by atoms with van der Waals surface area (Å²) in [4.78, 5) is 43.0. The number of aryl methyl sites for hydroxylation is 1. The molecule has 1 aromatic heterocycles. The number of nitro groups is 1. The van der Waals surface area contributed by atoms with Gasteiger partial charge < -0.3 is 14.5 Å². The molecule has 0 N–H and O–H groups in total. The Bertz CT molecular complexity index is 1160. The fraction of sp³-hybridized carbons (Fsp3) is 0.333. The number of rotatable bonds is 13. The number of carbonyl (C=O) groups is 2. The van der Waals surface area contributed by atoms with Crippen LogP contribution in [0, 0.1) is 17.0 Å². The minimum Gasteiger partial charge on any atom is -0.382 e. The van der Waals surface area contributed by atoms with Gasteiger partial charge in [-0.2, -0.15) is 0 Å². The molecule has 0 bridgehead atoms. The lowest BCUT2D eigenvalue weighted by molar-refractivity contribution is -0.384. The molecule has 0 aliphatic rings. The number of nitrogens with zero attached hydrogens (tertiary/aromatic N) is 3. The second-order valence-electron chi connectivity index (χ2n) is 8.33. The van der Waals surface area contributed by atoms with Crippen LogP contribution in [-0.4, -0.2) is 52.8 Å². The molecular weight excluding hydrogens is 478 g/mol. The van der Waals surface area contributed by atoms with Gasteiger partial charge in [0.15, 0.2) is 0 Å². The third-order valence-electron chi connectivity index (χ3n) is 5.55. The van der Waals surface area contributed by atoms with Crippen molar-refractivity contribution < 1.29 is 19.2 Å². The van der Waals surface area contributed by atoms with Crippen molar-refractivity contribution in [1.82, 2.24) is 9.80 Å². The zero-order chi connectivity index (χ0) is 25.9. The molecule has 190 valence electrons. The van der Waals surface area contributed by atoms with Crippen molar-refractivity contribution in [3.8, 4) is 0 Å². The van der Waals surface area contributed by atoms with Crippen LogP contribution >= 0.6 is 11.3 Å². The van der Waals surface area contributed by atoms with E-state index < -0.39 is 10.8 Å². The molecule has 9 heteroatoms.